The summed E-state index contributed by atoms with van der Waals surface area (Å²) in [7, 11) is -1.51. The lowest BCUT2D eigenvalue weighted by Crippen LogP contribution is -2.33. The average molecular weight is 384 g/mol. The molecule has 27 heavy (non-hydrogen) atoms. The summed E-state index contributed by atoms with van der Waals surface area (Å²) >= 11 is 0. The zero-order chi connectivity index (χ0) is 18.6. The van der Waals surface area contributed by atoms with Gasteiger partial charge >= 0.3 is 0 Å². The van der Waals surface area contributed by atoms with Crippen molar-refractivity contribution in [3.05, 3.63) is 43.0 Å². The highest BCUT2D eigenvalue weighted by atomic mass is 32.2. The molecule has 0 amide bonds. The normalized spacial score (nSPS) is 23.2. The third-order valence-corrected chi connectivity index (χ3v) is 7.46. The van der Waals surface area contributed by atoms with E-state index >= 15 is 0 Å². The van der Waals surface area contributed by atoms with Crippen LogP contribution in [0, 0.1) is 11.8 Å². The van der Waals surface area contributed by atoms with E-state index < -0.39 is 10.0 Å². The smallest absolute Gasteiger partial charge is 0.243 e. The fraction of sp³-hybridized carbons (Fsp3) is 0.389. The van der Waals surface area contributed by atoms with Gasteiger partial charge < -0.3 is 9.47 Å². The van der Waals surface area contributed by atoms with E-state index in [0.717, 1.165) is 30.1 Å². The highest BCUT2D eigenvalue weighted by molar-refractivity contribution is 7.89. The van der Waals surface area contributed by atoms with E-state index in [9.17, 15) is 8.42 Å². The number of benzene rings is 1. The predicted molar refractivity (Wildman–Crippen MR) is 101 cm³/mol. The summed E-state index contributed by atoms with van der Waals surface area (Å²) in [5, 5.41) is 0. The van der Waals surface area contributed by atoms with Crippen LogP contribution in [-0.4, -0.2) is 58.4 Å². The molecule has 140 valence electrons. The number of imidazole rings is 1. The van der Waals surface area contributed by atoms with Crippen molar-refractivity contribution >= 4 is 27.0 Å². The number of fused-ring (bicyclic) bond motifs is 2. The van der Waals surface area contributed by atoms with E-state index in [1.165, 1.54) is 0 Å². The third kappa shape index (κ3) is 2.61. The van der Waals surface area contributed by atoms with Crippen LogP contribution in [0.4, 0.5) is 5.82 Å². The molecule has 2 unspecified atom stereocenters. The SMILES string of the molecule is Cn1cnc2c(N3CC4CN(S(=O)(=O)c5ccccc5)CC4C3)ncnc21. The van der Waals surface area contributed by atoms with Crippen molar-refractivity contribution in [1.82, 2.24) is 23.8 Å². The first-order chi connectivity index (χ1) is 13.0. The van der Waals surface area contributed by atoms with Crippen LogP contribution in [-0.2, 0) is 17.1 Å². The molecule has 0 saturated carbocycles. The number of anilines is 1. The molecule has 0 bridgehead atoms. The molecule has 2 saturated heterocycles. The monoisotopic (exact) mass is 384 g/mol. The number of rotatable bonds is 3. The number of sulfonamides is 1. The lowest BCUT2D eigenvalue weighted by Gasteiger charge is -2.22. The minimum absolute atomic E-state index is 0.303. The number of nitrogens with zero attached hydrogens (tertiary/aromatic N) is 6. The zero-order valence-electron chi connectivity index (χ0n) is 14.9. The largest absolute Gasteiger partial charge is 0.354 e. The minimum Gasteiger partial charge on any atom is -0.354 e. The number of aromatic nitrogens is 4. The van der Waals surface area contributed by atoms with Crippen LogP contribution < -0.4 is 4.90 Å². The van der Waals surface area contributed by atoms with Crippen LogP contribution in [0.15, 0.2) is 47.9 Å². The molecule has 1 aromatic carbocycles. The van der Waals surface area contributed by atoms with Gasteiger partial charge in [0.05, 0.1) is 11.2 Å². The van der Waals surface area contributed by atoms with Crippen LogP contribution in [0.3, 0.4) is 0 Å². The highest BCUT2D eigenvalue weighted by Gasteiger charge is 2.45. The number of aryl methyl sites for hydroxylation is 1. The van der Waals surface area contributed by atoms with Gasteiger partial charge in [-0.25, -0.2) is 23.4 Å². The van der Waals surface area contributed by atoms with Crippen LogP contribution in [0.1, 0.15) is 0 Å². The first-order valence-electron chi connectivity index (χ1n) is 8.96. The Morgan fingerprint density at radius 1 is 0.963 bits per heavy atom. The molecule has 2 aromatic heterocycles. The van der Waals surface area contributed by atoms with E-state index in [4.69, 9.17) is 0 Å². The number of hydrogen-bond donors (Lipinski definition) is 0. The van der Waals surface area contributed by atoms with Crippen molar-refractivity contribution in [2.45, 2.75) is 4.90 Å². The molecule has 8 nitrogen and oxygen atoms in total. The van der Waals surface area contributed by atoms with Gasteiger partial charge in [-0.1, -0.05) is 18.2 Å². The van der Waals surface area contributed by atoms with Crippen LogP contribution in [0.25, 0.3) is 11.2 Å². The Morgan fingerprint density at radius 2 is 1.67 bits per heavy atom. The maximum atomic E-state index is 12.9. The molecule has 2 aliphatic rings. The molecular formula is C18H20N6O2S. The van der Waals surface area contributed by atoms with Crippen LogP contribution in [0.2, 0.25) is 0 Å². The van der Waals surface area contributed by atoms with Crippen molar-refractivity contribution in [1.29, 1.82) is 0 Å². The number of hydrogen-bond acceptors (Lipinski definition) is 6. The molecule has 0 radical (unpaired) electrons. The topological polar surface area (TPSA) is 84.2 Å². The summed E-state index contributed by atoms with van der Waals surface area (Å²) in [6.07, 6.45) is 3.31. The van der Waals surface area contributed by atoms with E-state index in [2.05, 4.69) is 19.9 Å². The summed E-state index contributed by atoms with van der Waals surface area (Å²) in [5.41, 5.74) is 1.61. The predicted octanol–water partition coefficient (Wildman–Crippen LogP) is 1.12. The van der Waals surface area contributed by atoms with E-state index in [1.807, 2.05) is 17.7 Å². The lowest BCUT2D eigenvalue weighted by atomic mass is 10.0. The molecule has 2 aliphatic heterocycles. The molecule has 2 atom stereocenters. The van der Waals surface area contributed by atoms with E-state index in [-0.39, 0.29) is 0 Å². The molecule has 4 heterocycles. The summed E-state index contributed by atoms with van der Waals surface area (Å²) in [4.78, 5) is 15.8. The van der Waals surface area contributed by atoms with Crippen molar-refractivity contribution in [2.75, 3.05) is 31.1 Å². The fourth-order valence-corrected chi connectivity index (χ4v) is 5.80. The zero-order valence-corrected chi connectivity index (χ0v) is 15.7. The molecule has 0 aliphatic carbocycles. The van der Waals surface area contributed by atoms with Gasteiger partial charge in [0.25, 0.3) is 0 Å². The Bertz CT molecular complexity index is 1080. The maximum Gasteiger partial charge on any atom is 0.243 e. The Morgan fingerprint density at radius 3 is 2.37 bits per heavy atom. The van der Waals surface area contributed by atoms with Gasteiger partial charge in [0, 0.05) is 33.2 Å². The molecule has 9 heteroatoms. The standard InChI is InChI=1S/C18H20N6O2S/c1-22-12-21-16-17(22)19-11-20-18(16)23-7-13-9-24(10-14(13)8-23)27(25,26)15-5-3-2-4-6-15/h2-6,11-14H,7-10H2,1H3. The van der Waals surface area contributed by atoms with Gasteiger partial charge in [-0.2, -0.15) is 4.31 Å². The Labute approximate surface area is 157 Å². The van der Waals surface area contributed by atoms with Gasteiger partial charge in [-0.05, 0) is 24.0 Å². The third-order valence-electron chi connectivity index (χ3n) is 5.61. The van der Waals surface area contributed by atoms with E-state index in [1.54, 1.807) is 41.2 Å². The van der Waals surface area contributed by atoms with Crippen LogP contribution in [0.5, 0.6) is 0 Å². The summed E-state index contributed by atoms with van der Waals surface area (Å²) < 4.78 is 29.3. The molecule has 2 fully saturated rings. The second-order valence-corrected chi connectivity index (χ2v) is 9.22. The molecular weight excluding hydrogens is 364 g/mol. The van der Waals surface area contributed by atoms with Crippen molar-refractivity contribution in [2.24, 2.45) is 18.9 Å². The van der Waals surface area contributed by atoms with Crippen molar-refractivity contribution in [3.63, 3.8) is 0 Å². The van der Waals surface area contributed by atoms with E-state index in [0.29, 0.717) is 29.8 Å². The Balaban J connectivity index is 1.37. The second kappa shape index (κ2) is 6.00. The summed E-state index contributed by atoms with van der Waals surface area (Å²) in [6, 6.07) is 8.68. The maximum absolute atomic E-state index is 12.9. The molecule has 0 N–H and O–H groups in total. The Kier molecular flexibility index (Phi) is 3.70. The first-order valence-corrected chi connectivity index (χ1v) is 10.4. The molecule has 3 aromatic rings. The molecule has 5 rings (SSSR count). The summed E-state index contributed by atoms with van der Waals surface area (Å²) in [5.74, 6) is 1.45. The van der Waals surface area contributed by atoms with Gasteiger partial charge in [0.15, 0.2) is 17.0 Å². The Hall–Kier alpha value is -2.52. The van der Waals surface area contributed by atoms with Gasteiger partial charge in [0.1, 0.15) is 6.33 Å². The second-order valence-electron chi connectivity index (χ2n) is 7.29. The minimum atomic E-state index is -3.42. The van der Waals surface area contributed by atoms with Gasteiger partial charge in [-0.3, -0.25) is 0 Å². The molecule has 0 spiro atoms. The average Bonchev–Trinajstić information content (AvgIpc) is 3.36. The van der Waals surface area contributed by atoms with Crippen LogP contribution >= 0.6 is 0 Å². The first kappa shape index (κ1) is 16.6. The highest BCUT2D eigenvalue weighted by Crippen LogP contribution is 2.37. The van der Waals surface area contributed by atoms with Gasteiger partial charge in [-0.15, -0.1) is 0 Å². The fourth-order valence-electron chi connectivity index (χ4n) is 4.23. The summed E-state index contributed by atoms with van der Waals surface area (Å²) in [6.45, 7) is 2.67. The van der Waals surface area contributed by atoms with Crippen molar-refractivity contribution < 1.29 is 8.42 Å². The van der Waals surface area contributed by atoms with Gasteiger partial charge in [0.2, 0.25) is 10.0 Å². The quantitative estimate of drug-likeness (QED) is 0.673. The lowest BCUT2D eigenvalue weighted by molar-refractivity contribution is 0.453. The van der Waals surface area contributed by atoms with Crippen molar-refractivity contribution in [3.8, 4) is 0 Å².